The van der Waals surface area contributed by atoms with E-state index in [2.05, 4.69) is 20.7 Å². The minimum Gasteiger partial charge on any atom is -0.380 e. The van der Waals surface area contributed by atoms with E-state index in [9.17, 15) is 13.2 Å². The molecule has 0 amide bonds. The third-order valence-electron chi connectivity index (χ3n) is 4.15. The second-order valence-electron chi connectivity index (χ2n) is 6.50. The van der Waals surface area contributed by atoms with Gasteiger partial charge in [-0.15, -0.1) is 24.0 Å². The predicted octanol–water partition coefficient (Wildman–Crippen LogP) is 4.22. The first-order valence-electron chi connectivity index (χ1n) is 9.60. The molecule has 0 spiro atoms. The molecule has 2 rings (SSSR count). The van der Waals surface area contributed by atoms with E-state index < -0.39 is 11.7 Å². The van der Waals surface area contributed by atoms with Crippen LogP contribution in [0.3, 0.4) is 0 Å². The fraction of sp³-hybridized carbons (Fsp3) is 0.500. The van der Waals surface area contributed by atoms with Crippen molar-refractivity contribution in [1.82, 2.24) is 20.4 Å². The average Bonchev–Trinajstić information content (AvgIpc) is 3.00. The molecule has 0 fully saturated rings. The van der Waals surface area contributed by atoms with E-state index in [1.807, 2.05) is 26.8 Å². The van der Waals surface area contributed by atoms with Gasteiger partial charge < -0.3 is 15.4 Å². The Morgan fingerprint density at radius 2 is 1.90 bits per heavy atom. The van der Waals surface area contributed by atoms with E-state index in [0.717, 1.165) is 17.5 Å². The smallest absolute Gasteiger partial charge is 0.380 e. The summed E-state index contributed by atoms with van der Waals surface area (Å²) in [6.45, 7) is 9.51. The Hall–Kier alpha value is -1.82. The van der Waals surface area contributed by atoms with Gasteiger partial charge >= 0.3 is 6.18 Å². The molecule has 0 aliphatic carbocycles. The van der Waals surface area contributed by atoms with Gasteiger partial charge in [0.15, 0.2) is 5.96 Å². The molecular weight excluding hydrogens is 510 g/mol. The standard InChI is InChI=1S/C20H28F3N5O.HI/c1-5-24-19(25-9-10-29-6-2)26-13-16-7-8-17(12-18(16)20(21,22)23)28-15(4)11-14(3)27-28;/h7-8,11-12H,5-6,9-10,13H2,1-4H3,(H2,24,25,26);1H. The molecule has 2 N–H and O–H groups in total. The quantitative estimate of drug-likeness (QED) is 0.228. The molecule has 6 nitrogen and oxygen atoms in total. The summed E-state index contributed by atoms with van der Waals surface area (Å²) < 4.78 is 47.8. The van der Waals surface area contributed by atoms with Crippen LogP contribution < -0.4 is 10.6 Å². The third-order valence-corrected chi connectivity index (χ3v) is 4.15. The summed E-state index contributed by atoms with van der Waals surface area (Å²) >= 11 is 0. The highest BCUT2D eigenvalue weighted by Crippen LogP contribution is 2.34. The van der Waals surface area contributed by atoms with Crippen molar-refractivity contribution in [2.45, 2.75) is 40.4 Å². The van der Waals surface area contributed by atoms with Gasteiger partial charge in [-0.25, -0.2) is 9.67 Å². The van der Waals surface area contributed by atoms with Gasteiger partial charge in [0.2, 0.25) is 0 Å². The second kappa shape index (κ2) is 12.1. The van der Waals surface area contributed by atoms with Crippen LogP contribution in [0.25, 0.3) is 5.69 Å². The lowest BCUT2D eigenvalue weighted by Crippen LogP contribution is -2.39. The maximum Gasteiger partial charge on any atom is 0.416 e. The maximum atomic E-state index is 13.7. The lowest BCUT2D eigenvalue weighted by Gasteiger charge is -2.15. The highest BCUT2D eigenvalue weighted by Gasteiger charge is 2.33. The number of aromatic nitrogens is 2. The Bertz CT molecular complexity index is 836. The summed E-state index contributed by atoms with van der Waals surface area (Å²) in [5, 5.41) is 10.3. The van der Waals surface area contributed by atoms with Crippen LogP contribution >= 0.6 is 24.0 Å². The molecule has 10 heteroatoms. The molecule has 1 heterocycles. The Morgan fingerprint density at radius 3 is 2.47 bits per heavy atom. The van der Waals surface area contributed by atoms with E-state index in [1.54, 1.807) is 13.0 Å². The highest BCUT2D eigenvalue weighted by atomic mass is 127. The van der Waals surface area contributed by atoms with Crippen LogP contribution in [0.2, 0.25) is 0 Å². The first-order chi connectivity index (χ1) is 13.8. The number of aliphatic imine (C=N–C) groups is 1. The fourth-order valence-corrected chi connectivity index (χ4v) is 2.88. The minimum absolute atomic E-state index is 0. The van der Waals surface area contributed by atoms with Crippen molar-refractivity contribution in [3.8, 4) is 5.69 Å². The van der Waals surface area contributed by atoms with E-state index in [-0.39, 0.29) is 36.1 Å². The molecule has 1 aromatic heterocycles. The Kier molecular flexibility index (Phi) is 10.6. The van der Waals surface area contributed by atoms with Gasteiger partial charge in [-0.3, -0.25) is 0 Å². The number of guanidine groups is 1. The minimum atomic E-state index is -4.49. The highest BCUT2D eigenvalue weighted by molar-refractivity contribution is 14.0. The van der Waals surface area contributed by atoms with E-state index in [0.29, 0.717) is 38.0 Å². The second-order valence-corrected chi connectivity index (χ2v) is 6.50. The number of rotatable bonds is 8. The summed E-state index contributed by atoms with van der Waals surface area (Å²) in [5.41, 5.74) is 1.28. The lowest BCUT2D eigenvalue weighted by molar-refractivity contribution is -0.138. The number of aryl methyl sites for hydroxylation is 2. The molecule has 0 radical (unpaired) electrons. The molecule has 0 saturated heterocycles. The van der Waals surface area contributed by atoms with Crippen molar-refractivity contribution in [2.75, 3.05) is 26.3 Å². The molecular formula is C20H29F3IN5O. The number of hydrogen-bond donors (Lipinski definition) is 2. The summed E-state index contributed by atoms with van der Waals surface area (Å²) in [6.07, 6.45) is -4.49. The van der Waals surface area contributed by atoms with Crippen molar-refractivity contribution >= 4 is 29.9 Å². The normalized spacial score (nSPS) is 11.9. The topological polar surface area (TPSA) is 63.5 Å². The predicted molar refractivity (Wildman–Crippen MR) is 123 cm³/mol. The van der Waals surface area contributed by atoms with Crippen LogP contribution in [0.4, 0.5) is 13.2 Å². The van der Waals surface area contributed by atoms with Crippen molar-refractivity contribution in [2.24, 2.45) is 4.99 Å². The zero-order valence-corrected chi connectivity index (χ0v) is 20.0. The number of hydrogen-bond acceptors (Lipinski definition) is 3. The van der Waals surface area contributed by atoms with Crippen molar-refractivity contribution in [3.63, 3.8) is 0 Å². The number of alkyl halides is 3. The van der Waals surface area contributed by atoms with E-state index in [1.165, 1.54) is 10.7 Å². The zero-order chi connectivity index (χ0) is 21.4. The van der Waals surface area contributed by atoms with Crippen molar-refractivity contribution < 1.29 is 17.9 Å². The average molecular weight is 539 g/mol. The van der Waals surface area contributed by atoms with Crippen molar-refractivity contribution in [1.29, 1.82) is 0 Å². The molecule has 0 saturated carbocycles. The molecule has 0 unspecified atom stereocenters. The van der Waals surface area contributed by atoms with Crippen molar-refractivity contribution in [3.05, 3.63) is 46.8 Å². The summed E-state index contributed by atoms with van der Waals surface area (Å²) in [5.74, 6) is 0.447. The SMILES string of the molecule is CCNC(=NCc1ccc(-n2nc(C)cc2C)cc1C(F)(F)F)NCCOCC.I. The van der Waals surface area contributed by atoms with Crippen LogP contribution in [-0.2, 0) is 17.5 Å². The molecule has 2 aromatic rings. The van der Waals surface area contributed by atoms with Crippen LogP contribution in [0.15, 0.2) is 29.3 Å². The lowest BCUT2D eigenvalue weighted by atomic mass is 10.1. The van der Waals surface area contributed by atoms with Crippen LogP contribution in [0.5, 0.6) is 0 Å². The third kappa shape index (κ3) is 7.46. The van der Waals surface area contributed by atoms with Gasteiger partial charge in [-0.05, 0) is 51.5 Å². The Labute approximate surface area is 192 Å². The van der Waals surface area contributed by atoms with E-state index >= 15 is 0 Å². The van der Waals surface area contributed by atoms with Gasteiger partial charge in [0.25, 0.3) is 0 Å². The number of halogens is 4. The van der Waals surface area contributed by atoms with Gasteiger partial charge in [-0.1, -0.05) is 6.07 Å². The number of nitrogens with zero attached hydrogens (tertiary/aromatic N) is 3. The molecule has 168 valence electrons. The summed E-state index contributed by atoms with van der Waals surface area (Å²) in [6, 6.07) is 6.04. The van der Waals surface area contributed by atoms with Crippen LogP contribution in [-0.4, -0.2) is 42.0 Å². The van der Waals surface area contributed by atoms with Gasteiger partial charge in [0.05, 0.1) is 30.1 Å². The molecule has 0 atom stereocenters. The van der Waals surface area contributed by atoms with Gasteiger partial charge in [0.1, 0.15) is 0 Å². The molecule has 0 bridgehead atoms. The maximum absolute atomic E-state index is 13.7. The Balaban J connectivity index is 0.00000450. The summed E-state index contributed by atoms with van der Waals surface area (Å²) in [7, 11) is 0. The zero-order valence-electron chi connectivity index (χ0n) is 17.6. The van der Waals surface area contributed by atoms with Crippen LogP contribution in [0, 0.1) is 13.8 Å². The monoisotopic (exact) mass is 539 g/mol. The van der Waals surface area contributed by atoms with E-state index in [4.69, 9.17) is 4.74 Å². The first kappa shape index (κ1) is 26.2. The molecule has 1 aromatic carbocycles. The molecule has 0 aliphatic heterocycles. The largest absolute Gasteiger partial charge is 0.416 e. The number of nitrogens with one attached hydrogen (secondary N) is 2. The molecule has 0 aliphatic rings. The number of benzene rings is 1. The van der Waals surface area contributed by atoms with Gasteiger partial charge in [0, 0.05) is 25.4 Å². The first-order valence-corrected chi connectivity index (χ1v) is 9.60. The summed E-state index contributed by atoms with van der Waals surface area (Å²) in [4.78, 5) is 4.30. The van der Waals surface area contributed by atoms with Gasteiger partial charge in [-0.2, -0.15) is 18.3 Å². The number of ether oxygens (including phenoxy) is 1. The Morgan fingerprint density at radius 1 is 1.17 bits per heavy atom. The fourth-order valence-electron chi connectivity index (χ4n) is 2.88. The molecule has 30 heavy (non-hydrogen) atoms. The van der Waals surface area contributed by atoms with Crippen LogP contribution in [0.1, 0.15) is 36.4 Å².